The number of anilines is 2. The molecule has 1 aliphatic carbocycles. The minimum atomic E-state index is -0.590. The Hall–Kier alpha value is -4.20. The molecule has 0 aliphatic heterocycles. The maximum Gasteiger partial charge on any atom is 0.324 e. The molecule has 1 aliphatic rings. The standard InChI is InChI=1S/C27H26FN5O2/c1-18-5-4-8-21(15-18)33-26(17-24(32-33)19-6-2-3-7-19)31-27(34)30-20-9-10-25(23(28)16-20)35-22-11-13-29-14-12-22/h4-5,8-17,19H,2-3,6-7H2,1H3,(H2,30,31,34). The average Bonchev–Trinajstić information content (AvgIpc) is 3.52. The van der Waals surface area contributed by atoms with Gasteiger partial charge in [0.15, 0.2) is 11.6 Å². The van der Waals surface area contributed by atoms with Crippen LogP contribution in [0.25, 0.3) is 5.69 Å². The Kier molecular flexibility index (Phi) is 6.43. The summed E-state index contributed by atoms with van der Waals surface area (Å²) in [5.74, 6) is 0.897. The third-order valence-corrected chi connectivity index (χ3v) is 6.06. The SMILES string of the molecule is Cc1cccc(-n2nc(C3CCCC3)cc2NC(=O)Nc2ccc(Oc3ccncc3)c(F)c2)c1. The number of urea groups is 1. The lowest BCUT2D eigenvalue weighted by Gasteiger charge is -2.12. The van der Waals surface area contributed by atoms with Gasteiger partial charge in [-0.15, -0.1) is 0 Å². The van der Waals surface area contributed by atoms with Gasteiger partial charge in [0.05, 0.1) is 11.4 Å². The number of halogens is 1. The predicted octanol–water partition coefficient (Wildman–Crippen LogP) is 6.81. The highest BCUT2D eigenvalue weighted by atomic mass is 19.1. The minimum Gasteiger partial charge on any atom is -0.454 e. The van der Waals surface area contributed by atoms with Crippen molar-refractivity contribution in [2.24, 2.45) is 0 Å². The molecule has 35 heavy (non-hydrogen) atoms. The molecule has 1 saturated carbocycles. The second-order valence-corrected chi connectivity index (χ2v) is 8.70. The lowest BCUT2D eigenvalue weighted by Crippen LogP contribution is -2.21. The number of rotatable bonds is 6. The van der Waals surface area contributed by atoms with Crippen LogP contribution in [0.15, 0.2) is 73.1 Å². The van der Waals surface area contributed by atoms with Crippen LogP contribution in [-0.2, 0) is 0 Å². The fourth-order valence-corrected chi connectivity index (χ4v) is 4.34. The summed E-state index contributed by atoms with van der Waals surface area (Å²) in [5.41, 5.74) is 3.25. The Morgan fingerprint density at radius 3 is 2.57 bits per heavy atom. The lowest BCUT2D eigenvalue weighted by molar-refractivity contribution is 0.262. The molecule has 0 bridgehead atoms. The topological polar surface area (TPSA) is 81.1 Å². The van der Waals surface area contributed by atoms with Gasteiger partial charge in [0.2, 0.25) is 0 Å². The van der Waals surface area contributed by atoms with Gasteiger partial charge in [0.25, 0.3) is 0 Å². The van der Waals surface area contributed by atoms with E-state index in [0.29, 0.717) is 23.2 Å². The predicted molar refractivity (Wildman–Crippen MR) is 133 cm³/mol. The van der Waals surface area contributed by atoms with E-state index in [1.54, 1.807) is 35.3 Å². The zero-order chi connectivity index (χ0) is 24.2. The molecule has 0 unspecified atom stereocenters. The van der Waals surface area contributed by atoms with Crippen LogP contribution < -0.4 is 15.4 Å². The second kappa shape index (κ2) is 9.97. The van der Waals surface area contributed by atoms with Gasteiger partial charge < -0.3 is 10.1 Å². The number of nitrogens with one attached hydrogen (secondary N) is 2. The highest BCUT2D eigenvalue weighted by molar-refractivity contribution is 5.99. The largest absolute Gasteiger partial charge is 0.454 e. The summed E-state index contributed by atoms with van der Waals surface area (Å²) in [5, 5.41) is 10.4. The van der Waals surface area contributed by atoms with Crippen molar-refractivity contribution in [2.45, 2.75) is 38.5 Å². The molecule has 2 aromatic heterocycles. The van der Waals surface area contributed by atoms with Gasteiger partial charge >= 0.3 is 6.03 Å². The maximum atomic E-state index is 14.6. The number of carbonyl (C=O) groups excluding carboxylic acids is 1. The van der Waals surface area contributed by atoms with Crippen molar-refractivity contribution in [1.29, 1.82) is 0 Å². The monoisotopic (exact) mass is 471 g/mol. The summed E-state index contributed by atoms with van der Waals surface area (Å²) >= 11 is 0. The first kappa shape index (κ1) is 22.6. The molecule has 0 atom stereocenters. The Labute approximate surface area is 203 Å². The van der Waals surface area contributed by atoms with Crippen molar-refractivity contribution < 1.29 is 13.9 Å². The van der Waals surface area contributed by atoms with Crippen LogP contribution in [0.4, 0.5) is 20.7 Å². The van der Waals surface area contributed by atoms with E-state index in [4.69, 9.17) is 9.84 Å². The molecule has 4 aromatic rings. The molecule has 2 aromatic carbocycles. The number of nitrogens with zero attached hydrogens (tertiary/aromatic N) is 3. The molecule has 0 radical (unpaired) electrons. The van der Waals surface area contributed by atoms with Crippen molar-refractivity contribution in [3.05, 3.63) is 90.1 Å². The summed E-state index contributed by atoms with van der Waals surface area (Å²) < 4.78 is 21.9. The molecular weight excluding hydrogens is 445 g/mol. The fourth-order valence-electron chi connectivity index (χ4n) is 4.34. The molecule has 7 nitrogen and oxygen atoms in total. The van der Waals surface area contributed by atoms with E-state index >= 15 is 0 Å². The lowest BCUT2D eigenvalue weighted by atomic mass is 10.0. The number of ether oxygens (including phenoxy) is 1. The zero-order valence-electron chi connectivity index (χ0n) is 19.4. The van der Waals surface area contributed by atoms with Crippen LogP contribution in [0.5, 0.6) is 11.5 Å². The van der Waals surface area contributed by atoms with Crippen molar-refractivity contribution in [3.8, 4) is 17.2 Å². The smallest absolute Gasteiger partial charge is 0.324 e. The molecule has 2 heterocycles. The van der Waals surface area contributed by atoms with Gasteiger partial charge in [-0.05, 0) is 61.7 Å². The molecule has 0 saturated heterocycles. The Morgan fingerprint density at radius 2 is 1.83 bits per heavy atom. The van der Waals surface area contributed by atoms with Crippen LogP contribution in [0.1, 0.15) is 42.9 Å². The molecule has 178 valence electrons. The first-order valence-electron chi connectivity index (χ1n) is 11.7. The van der Waals surface area contributed by atoms with Crippen LogP contribution in [-0.4, -0.2) is 20.8 Å². The number of benzene rings is 2. The zero-order valence-corrected chi connectivity index (χ0v) is 19.4. The molecule has 5 rings (SSSR count). The van der Waals surface area contributed by atoms with Gasteiger partial charge in [-0.1, -0.05) is 25.0 Å². The first-order chi connectivity index (χ1) is 17.0. The quantitative estimate of drug-likeness (QED) is 0.324. The number of hydrogen-bond acceptors (Lipinski definition) is 4. The molecule has 1 fully saturated rings. The van der Waals surface area contributed by atoms with Gasteiger partial charge in [-0.25, -0.2) is 13.9 Å². The van der Waals surface area contributed by atoms with E-state index in [0.717, 1.165) is 29.8 Å². The third kappa shape index (κ3) is 5.32. The van der Waals surface area contributed by atoms with E-state index < -0.39 is 11.8 Å². The highest BCUT2D eigenvalue weighted by Crippen LogP contribution is 2.35. The number of pyridine rings is 1. The van der Waals surface area contributed by atoms with Crippen LogP contribution in [0.2, 0.25) is 0 Å². The minimum absolute atomic E-state index is 0.0564. The molecular formula is C27H26FN5O2. The molecule has 0 spiro atoms. The van der Waals surface area contributed by atoms with Crippen molar-refractivity contribution in [1.82, 2.24) is 14.8 Å². The van der Waals surface area contributed by atoms with E-state index in [9.17, 15) is 9.18 Å². The Balaban J connectivity index is 1.33. The number of aryl methyl sites for hydroxylation is 1. The normalized spacial score (nSPS) is 13.5. The number of hydrogen-bond donors (Lipinski definition) is 2. The second-order valence-electron chi connectivity index (χ2n) is 8.70. The Bertz CT molecular complexity index is 1330. The average molecular weight is 472 g/mol. The number of aromatic nitrogens is 3. The van der Waals surface area contributed by atoms with Gasteiger partial charge in [-0.3, -0.25) is 10.3 Å². The summed E-state index contributed by atoms with van der Waals surface area (Å²) in [6.45, 7) is 2.02. The molecule has 2 N–H and O–H groups in total. The van der Waals surface area contributed by atoms with Crippen LogP contribution in [0.3, 0.4) is 0 Å². The Morgan fingerprint density at radius 1 is 1.03 bits per heavy atom. The van der Waals surface area contributed by atoms with Crippen molar-refractivity contribution in [3.63, 3.8) is 0 Å². The van der Waals surface area contributed by atoms with E-state index in [-0.39, 0.29) is 5.75 Å². The molecule has 2 amide bonds. The number of amides is 2. The fraction of sp³-hybridized carbons (Fsp3) is 0.222. The van der Waals surface area contributed by atoms with Gasteiger partial charge in [-0.2, -0.15) is 5.10 Å². The molecule has 8 heteroatoms. The van der Waals surface area contributed by atoms with Gasteiger partial charge in [0, 0.05) is 36.1 Å². The summed E-state index contributed by atoms with van der Waals surface area (Å²) in [4.78, 5) is 16.7. The first-order valence-corrected chi connectivity index (χ1v) is 11.7. The van der Waals surface area contributed by atoms with Crippen LogP contribution >= 0.6 is 0 Å². The van der Waals surface area contributed by atoms with Crippen LogP contribution in [0, 0.1) is 12.7 Å². The summed E-state index contributed by atoms with van der Waals surface area (Å²) in [6, 6.07) is 16.9. The summed E-state index contributed by atoms with van der Waals surface area (Å²) in [7, 11) is 0. The maximum absolute atomic E-state index is 14.6. The number of carbonyl (C=O) groups is 1. The highest BCUT2D eigenvalue weighted by Gasteiger charge is 2.22. The van der Waals surface area contributed by atoms with Crippen molar-refractivity contribution in [2.75, 3.05) is 10.6 Å². The van der Waals surface area contributed by atoms with E-state index in [2.05, 4.69) is 15.6 Å². The van der Waals surface area contributed by atoms with Crippen molar-refractivity contribution >= 4 is 17.5 Å². The van der Waals surface area contributed by atoms with E-state index in [1.807, 2.05) is 37.3 Å². The third-order valence-electron chi connectivity index (χ3n) is 6.06. The van der Waals surface area contributed by atoms with Gasteiger partial charge in [0.1, 0.15) is 11.6 Å². The van der Waals surface area contributed by atoms with E-state index in [1.165, 1.54) is 25.0 Å². The summed E-state index contributed by atoms with van der Waals surface area (Å²) in [6.07, 6.45) is 7.71.